The molecule has 37 heavy (non-hydrogen) atoms. The number of hydrogen-bond acceptors (Lipinski definition) is 7. The highest BCUT2D eigenvalue weighted by Gasteiger charge is 2.26. The number of imidazole rings is 1. The quantitative estimate of drug-likeness (QED) is 0.350. The first-order valence-electron chi connectivity index (χ1n) is 12.0. The SMILES string of the molecule is COc1cccc(F)c1-c1cn2c(-c3cc(S(=O)(=O)N[C@H]4CC[C@H](O)CC4)ccc3C)cnc2c(N)n1. The van der Waals surface area contributed by atoms with Crippen molar-refractivity contribution in [3.05, 3.63) is 60.2 Å². The van der Waals surface area contributed by atoms with Gasteiger partial charge in [-0.15, -0.1) is 0 Å². The predicted octanol–water partition coefficient (Wildman–Crippen LogP) is 3.68. The number of aliphatic hydroxyl groups is 1. The Bertz CT molecular complexity index is 1580. The van der Waals surface area contributed by atoms with Crippen molar-refractivity contribution in [3.8, 4) is 28.3 Å². The second-order valence-corrected chi connectivity index (χ2v) is 11.0. The highest BCUT2D eigenvalue weighted by molar-refractivity contribution is 7.89. The van der Waals surface area contributed by atoms with Gasteiger partial charge in [-0.1, -0.05) is 12.1 Å². The van der Waals surface area contributed by atoms with E-state index in [9.17, 15) is 17.9 Å². The Hall–Kier alpha value is -3.54. The van der Waals surface area contributed by atoms with Crippen LogP contribution in [0.15, 0.2) is 53.7 Å². The summed E-state index contributed by atoms with van der Waals surface area (Å²) in [5.74, 6) is -0.118. The Kier molecular flexibility index (Phi) is 6.61. The van der Waals surface area contributed by atoms with Crippen molar-refractivity contribution < 1.29 is 22.7 Å². The molecule has 0 spiro atoms. The summed E-state index contributed by atoms with van der Waals surface area (Å²) in [6.07, 6.45) is 5.13. The topological polar surface area (TPSA) is 132 Å². The van der Waals surface area contributed by atoms with Crippen LogP contribution in [-0.2, 0) is 10.0 Å². The molecule has 0 unspecified atom stereocenters. The number of nitrogens with one attached hydrogen (secondary N) is 1. The number of nitrogens with zero attached hydrogens (tertiary/aromatic N) is 3. The van der Waals surface area contributed by atoms with E-state index in [1.807, 2.05) is 6.92 Å². The number of aryl methyl sites for hydroxylation is 1. The largest absolute Gasteiger partial charge is 0.496 e. The van der Waals surface area contributed by atoms with E-state index in [2.05, 4.69) is 14.7 Å². The Labute approximate surface area is 214 Å². The molecule has 0 atom stereocenters. The van der Waals surface area contributed by atoms with Crippen molar-refractivity contribution in [2.45, 2.75) is 49.6 Å². The van der Waals surface area contributed by atoms with Crippen LogP contribution in [0.3, 0.4) is 0 Å². The first-order valence-corrected chi connectivity index (χ1v) is 13.4. The molecular formula is C26H28FN5O4S. The molecule has 9 nitrogen and oxygen atoms in total. The molecule has 0 radical (unpaired) electrons. The fourth-order valence-electron chi connectivity index (χ4n) is 4.78. The molecule has 4 N–H and O–H groups in total. The summed E-state index contributed by atoms with van der Waals surface area (Å²) in [4.78, 5) is 8.86. The summed E-state index contributed by atoms with van der Waals surface area (Å²) in [5.41, 5.74) is 9.00. The van der Waals surface area contributed by atoms with Crippen molar-refractivity contribution in [1.82, 2.24) is 19.1 Å². The minimum atomic E-state index is -3.80. The molecule has 2 aromatic heterocycles. The molecule has 5 rings (SSSR count). The third-order valence-corrected chi connectivity index (χ3v) is 8.30. The van der Waals surface area contributed by atoms with Gasteiger partial charge in [-0.2, -0.15) is 0 Å². The van der Waals surface area contributed by atoms with E-state index in [1.54, 1.807) is 47.1 Å². The molecule has 1 saturated carbocycles. The Balaban J connectivity index is 1.58. The summed E-state index contributed by atoms with van der Waals surface area (Å²) in [7, 11) is -2.35. The molecule has 11 heteroatoms. The van der Waals surface area contributed by atoms with Crippen LogP contribution >= 0.6 is 0 Å². The van der Waals surface area contributed by atoms with Gasteiger partial charge in [-0.25, -0.2) is 27.5 Å². The van der Waals surface area contributed by atoms with Gasteiger partial charge in [0.25, 0.3) is 0 Å². The number of fused-ring (bicyclic) bond motifs is 1. The number of aromatic nitrogens is 3. The number of aliphatic hydroxyl groups excluding tert-OH is 1. The van der Waals surface area contributed by atoms with Crippen molar-refractivity contribution >= 4 is 21.5 Å². The maximum Gasteiger partial charge on any atom is 0.240 e. The van der Waals surface area contributed by atoms with Gasteiger partial charge in [-0.05, 0) is 62.4 Å². The maximum absolute atomic E-state index is 14.8. The minimum Gasteiger partial charge on any atom is -0.496 e. The van der Waals surface area contributed by atoms with Gasteiger partial charge in [-0.3, -0.25) is 4.40 Å². The Morgan fingerprint density at radius 1 is 1.19 bits per heavy atom. The van der Waals surface area contributed by atoms with E-state index >= 15 is 0 Å². The number of benzene rings is 2. The molecule has 0 amide bonds. The lowest BCUT2D eigenvalue weighted by molar-refractivity contribution is 0.120. The number of sulfonamides is 1. The van der Waals surface area contributed by atoms with Crippen LogP contribution in [0.5, 0.6) is 5.75 Å². The van der Waals surface area contributed by atoms with E-state index in [1.165, 1.54) is 13.2 Å². The summed E-state index contributed by atoms with van der Waals surface area (Å²) in [6.45, 7) is 1.87. The normalized spacial score (nSPS) is 18.3. The molecule has 1 aliphatic rings. The van der Waals surface area contributed by atoms with Crippen molar-refractivity contribution in [2.24, 2.45) is 0 Å². The molecule has 2 heterocycles. The predicted molar refractivity (Wildman–Crippen MR) is 138 cm³/mol. The third kappa shape index (κ3) is 4.77. The summed E-state index contributed by atoms with van der Waals surface area (Å²) >= 11 is 0. The number of ether oxygens (including phenoxy) is 1. The smallest absolute Gasteiger partial charge is 0.240 e. The molecule has 194 valence electrons. The molecular weight excluding hydrogens is 497 g/mol. The second-order valence-electron chi connectivity index (χ2n) is 9.27. The lowest BCUT2D eigenvalue weighted by Crippen LogP contribution is -2.38. The molecule has 1 aliphatic carbocycles. The number of nitrogen functional groups attached to an aromatic ring is 1. The number of halogens is 1. The van der Waals surface area contributed by atoms with Crippen molar-refractivity contribution in [2.75, 3.05) is 12.8 Å². The van der Waals surface area contributed by atoms with Crippen LogP contribution in [0.1, 0.15) is 31.2 Å². The highest BCUT2D eigenvalue weighted by atomic mass is 32.2. The minimum absolute atomic E-state index is 0.0941. The number of anilines is 1. The molecule has 1 fully saturated rings. The van der Waals surface area contributed by atoms with Crippen molar-refractivity contribution in [3.63, 3.8) is 0 Å². The first kappa shape index (κ1) is 25.1. The lowest BCUT2D eigenvalue weighted by atomic mass is 9.94. The monoisotopic (exact) mass is 525 g/mol. The fraction of sp³-hybridized carbons (Fsp3) is 0.308. The van der Waals surface area contributed by atoms with E-state index in [4.69, 9.17) is 10.5 Å². The second kappa shape index (κ2) is 9.73. The standard InChI is InChI=1S/C26H28FN5O4S/c1-15-6-11-18(37(34,35)31-16-7-9-17(33)10-8-16)12-19(15)22-13-29-26-25(28)30-21(14-32(22)26)24-20(27)4-3-5-23(24)36-2/h3-6,11-14,16-17,31,33H,7-10H2,1-2H3,(H2,28,30)/t16-,17-. The van der Waals surface area contributed by atoms with E-state index in [-0.39, 0.29) is 34.1 Å². The van der Waals surface area contributed by atoms with Gasteiger partial charge < -0.3 is 15.6 Å². The van der Waals surface area contributed by atoms with E-state index in [0.29, 0.717) is 48.3 Å². The average Bonchev–Trinajstić information content (AvgIpc) is 3.29. The average molecular weight is 526 g/mol. The summed E-state index contributed by atoms with van der Waals surface area (Å²) in [5, 5.41) is 9.73. The molecule has 0 saturated heterocycles. The lowest BCUT2D eigenvalue weighted by Gasteiger charge is -2.26. The number of nitrogens with two attached hydrogens (primary N) is 1. The Morgan fingerprint density at radius 2 is 1.95 bits per heavy atom. The van der Waals surface area contributed by atoms with Gasteiger partial charge in [0.05, 0.1) is 41.3 Å². The fourth-order valence-corrected chi connectivity index (χ4v) is 6.11. The van der Waals surface area contributed by atoms with Crippen LogP contribution in [0.4, 0.5) is 10.2 Å². The summed E-state index contributed by atoms with van der Waals surface area (Å²) < 4.78 is 51.0. The number of rotatable bonds is 6. The summed E-state index contributed by atoms with van der Waals surface area (Å²) in [6, 6.07) is 9.16. The maximum atomic E-state index is 14.8. The molecule has 0 aliphatic heterocycles. The number of methoxy groups -OCH3 is 1. The molecule has 4 aromatic rings. The van der Waals surface area contributed by atoms with Crippen LogP contribution in [0.2, 0.25) is 0 Å². The van der Waals surface area contributed by atoms with Gasteiger partial charge in [0.1, 0.15) is 11.6 Å². The molecule has 2 aromatic carbocycles. The van der Waals surface area contributed by atoms with Crippen LogP contribution < -0.4 is 15.2 Å². The van der Waals surface area contributed by atoms with Crippen LogP contribution in [0, 0.1) is 12.7 Å². The van der Waals surface area contributed by atoms with Crippen molar-refractivity contribution in [1.29, 1.82) is 0 Å². The zero-order valence-electron chi connectivity index (χ0n) is 20.5. The van der Waals surface area contributed by atoms with E-state index < -0.39 is 15.8 Å². The van der Waals surface area contributed by atoms with Gasteiger partial charge in [0.15, 0.2) is 11.5 Å². The van der Waals surface area contributed by atoms with Gasteiger partial charge in [0.2, 0.25) is 10.0 Å². The highest BCUT2D eigenvalue weighted by Crippen LogP contribution is 2.34. The molecule has 0 bridgehead atoms. The van der Waals surface area contributed by atoms with Gasteiger partial charge in [0, 0.05) is 17.8 Å². The zero-order valence-corrected chi connectivity index (χ0v) is 21.3. The van der Waals surface area contributed by atoms with E-state index in [0.717, 1.165) is 5.56 Å². The Morgan fingerprint density at radius 3 is 2.68 bits per heavy atom. The number of hydrogen-bond donors (Lipinski definition) is 3. The van der Waals surface area contributed by atoms with Gasteiger partial charge >= 0.3 is 0 Å². The third-order valence-electron chi connectivity index (χ3n) is 6.78. The zero-order chi connectivity index (χ0) is 26.3. The first-order chi connectivity index (χ1) is 17.7. The van der Waals surface area contributed by atoms with Crippen LogP contribution in [-0.4, -0.2) is 47.1 Å². The van der Waals surface area contributed by atoms with Crippen LogP contribution in [0.25, 0.3) is 28.2 Å².